The number of hydrogen-bond donors (Lipinski definition) is 0. The highest BCUT2D eigenvalue weighted by atomic mass is 16.8. The zero-order valence-electron chi connectivity index (χ0n) is 53.3. The molecule has 0 amide bonds. The van der Waals surface area contributed by atoms with Gasteiger partial charge in [-0.3, -0.25) is 24.0 Å². The van der Waals surface area contributed by atoms with Gasteiger partial charge in [0, 0.05) is 34.6 Å². The van der Waals surface area contributed by atoms with Crippen LogP contribution in [0.25, 0.3) is 0 Å². The van der Waals surface area contributed by atoms with Crippen molar-refractivity contribution in [1.29, 1.82) is 0 Å². The summed E-state index contributed by atoms with van der Waals surface area (Å²) in [6, 6.07) is 85.7. The van der Waals surface area contributed by atoms with Gasteiger partial charge in [0.25, 0.3) is 0 Å². The lowest BCUT2D eigenvalue weighted by Gasteiger charge is -2.48. The number of hydrogen-bond acceptors (Lipinski definition) is 16. The molecule has 486 valence electrons. The predicted octanol–water partition coefficient (Wildman–Crippen LogP) is 12.5. The van der Waals surface area contributed by atoms with Crippen molar-refractivity contribution < 1.29 is 76.1 Å². The van der Waals surface area contributed by atoms with Gasteiger partial charge in [0.05, 0.1) is 13.2 Å². The molecule has 0 radical (unpaired) electrons. The van der Waals surface area contributed by atoms with Crippen LogP contribution in [0.1, 0.15) is 84.7 Å². The molecule has 9 aromatic rings. The molecule has 0 spiro atoms. The van der Waals surface area contributed by atoms with Gasteiger partial charge in [-0.25, -0.2) is 0 Å². The number of ether oxygens (including phenoxy) is 11. The summed E-state index contributed by atoms with van der Waals surface area (Å²) < 4.78 is 76.1. The average Bonchev–Trinajstić information content (AvgIpc) is 1.73. The van der Waals surface area contributed by atoms with Crippen molar-refractivity contribution in [2.45, 2.75) is 106 Å². The van der Waals surface area contributed by atoms with Gasteiger partial charge >= 0.3 is 29.8 Å². The van der Waals surface area contributed by atoms with Crippen molar-refractivity contribution in [2.24, 2.45) is 0 Å². The minimum atomic E-state index is -2.55. The van der Waals surface area contributed by atoms with Crippen LogP contribution in [0.15, 0.2) is 273 Å². The highest BCUT2D eigenvalue weighted by Gasteiger charge is 2.65. The quantitative estimate of drug-likeness (QED) is 0.0298. The molecule has 0 aliphatic carbocycles. The molecule has 0 N–H and O–H groups in total. The van der Waals surface area contributed by atoms with E-state index >= 15 is 0 Å². The zero-order valence-corrected chi connectivity index (χ0v) is 53.3. The Morgan fingerprint density at radius 2 is 0.568 bits per heavy atom. The molecule has 2 fully saturated rings. The van der Waals surface area contributed by atoms with Crippen LogP contribution in [0.3, 0.4) is 0 Å². The Labute approximate surface area is 552 Å². The topological polar surface area (TPSA) is 187 Å². The third-order valence-corrected chi connectivity index (χ3v) is 16.9. The fourth-order valence-corrected chi connectivity index (χ4v) is 13.1. The van der Waals surface area contributed by atoms with Crippen LogP contribution in [0.5, 0.6) is 0 Å². The number of esters is 5. The summed E-state index contributed by atoms with van der Waals surface area (Å²) in [6.45, 7) is 4.25. The Morgan fingerprint density at radius 3 is 0.863 bits per heavy atom. The molecule has 11 rings (SSSR count). The molecule has 0 aromatic heterocycles. The Bertz CT molecular complexity index is 3670. The maximum atomic E-state index is 14.2. The van der Waals surface area contributed by atoms with E-state index in [1.807, 2.05) is 273 Å². The van der Waals surface area contributed by atoms with E-state index in [1.54, 1.807) is 0 Å². The van der Waals surface area contributed by atoms with E-state index in [4.69, 9.17) is 52.1 Å². The minimum Gasteiger partial charge on any atom is -0.456 e. The van der Waals surface area contributed by atoms with Crippen LogP contribution in [0, 0.1) is 0 Å². The van der Waals surface area contributed by atoms with Crippen LogP contribution in [-0.4, -0.2) is 104 Å². The maximum absolute atomic E-state index is 14.2. The lowest BCUT2D eigenvalue weighted by Crippen LogP contribution is -2.66. The summed E-state index contributed by atoms with van der Waals surface area (Å²) in [7, 11) is 0. The normalized spacial score (nSPS) is 21.1. The lowest BCUT2D eigenvalue weighted by atomic mass is 9.80. The second kappa shape index (κ2) is 30.0. The van der Waals surface area contributed by atoms with Crippen LogP contribution in [0.2, 0.25) is 0 Å². The maximum Gasteiger partial charge on any atom is 0.303 e. The first-order chi connectivity index (χ1) is 46.2. The van der Waals surface area contributed by atoms with Crippen LogP contribution in [0.4, 0.5) is 0 Å². The van der Waals surface area contributed by atoms with E-state index < -0.39 is 121 Å². The van der Waals surface area contributed by atoms with Crippen LogP contribution >= 0.6 is 0 Å². The Morgan fingerprint density at radius 1 is 0.316 bits per heavy atom. The SMILES string of the molecule is CC(=O)OC1C(COC(c2ccccc2)(c2ccccc2)c2ccccc2)OC(COC(c2ccccc2)(c2ccccc2)c2ccccc2)(O[C@H]2OC(COC(c3ccccc3)(c3ccccc3)c3ccccc3)[C@@H](OC(C)=O)C(OC(C)=O)C2OC(C)=O)C1OC(C)=O. The molecule has 0 saturated carbocycles. The standard InChI is InChI=1S/C79H74O16/c1-54(80)88-70-68(51-85-77(59-33-15-6-16-34-59,60-35-17-7-18-36-60)61-37-19-8-20-38-61)93-75(73(91-57(4)83)72(70)90-56(3)82)95-76(53-87-79(65-45-27-12-28-46-65,66-47-29-13-30-48-66)67-49-31-14-32-50-67)74(92-58(5)84)71(89-55(2)81)69(94-76)52-86-78(62-39-21-9-22-40-62,63-41-23-10-24-42-63)64-43-25-11-26-44-64/h6-50,68-75H,51-53H2,1-5H3/t68?,69?,70-,71?,72?,73?,74?,75-,76?/m1/s1. The first-order valence-corrected chi connectivity index (χ1v) is 31.5. The second-order valence-corrected chi connectivity index (χ2v) is 23.2. The van der Waals surface area contributed by atoms with Gasteiger partial charge in [0.2, 0.25) is 12.1 Å². The van der Waals surface area contributed by atoms with Crippen molar-refractivity contribution in [3.05, 3.63) is 323 Å². The summed E-state index contributed by atoms with van der Waals surface area (Å²) in [6.07, 6.45) is -13.4. The van der Waals surface area contributed by atoms with Crippen LogP contribution in [-0.2, 0) is 92.9 Å². The third kappa shape index (κ3) is 14.3. The fourth-order valence-electron chi connectivity index (χ4n) is 13.1. The molecule has 16 heteroatoms. The molecule has 2 aliphatic rings. The molecule has 2 saturated heterocycles. The molecule has 95 heavy (non-hydrogen) atoms. The van der Waals surface area contributed by atoms with Gasteiger partial charge in [0.1, 0.15) is 35.6 Å². The summed E-state index contributed by atoms with van der Waals surface area (Å²) >= 11 is 0. The molecular formula is C79H74O16. The number of benzene rings is 9. The van der Waals surface area contributed by atoms with E-state index in [1.165, 1.54) is 20.8 Å². The smallest absolute Gasteiger partial charge is 0.303 e. The largest absolute Gasteiger partial charge is 0.456 e. The number of rotatable bonds is 25. The highest BCUT2D eigenvalue weighted by Crippen LogP contribution is 2.49. The molecule has 9 aromatic carbocycles. The summed E-state index contributed by atoms with van der Waals surface area (Å²) in [5.74, 6) is -6.79. The van der Waals surface area contributed by atoms with E-state index in [9.17, 15) is 24.0 Å². The second-order valence-electron chi connectivity index (χ2n) is 23.2. The molecule has 7 unspecified atom stereocenters. The lowest BCUT2D eigenvalue weighted by molar-refractivity contribution is -0.390. The molecule has 0 bridgehead atoms. The number of carbonyl (C=O) groups is 5. The molecule has 2 heterocycles. The van der Waals surface area contributed by atoms with Crippen molar-refractivity contribution >= 4 is 29.8 Å². The van der Waals surface area contributed by atoms with Gasteiger partial charge in [-0.2, -0.15) is 0 Å². The van der Waals surface area contributed by atoms with Gasteiger partial charge < -0.3 is 52.1 Å². The zero-order chi connectivity index (χ0) is 66.4. The van der Waals surface area contributed by atoms with Gasteiger partial charge in [-0.05, 0) is 50.1 Å². The Kier molecular flexibility index (Phi) is 21.0. The Hall–Kier alpha value is -9.91. The molecule has 9 atom stereocenters. The Balaban J connectivity index is 1.12. The van der Waals surface area contributed by atoms with Crippen molar-refractivity contribution in [3.63, 3.8) is 0 Å². The van der Waals surface area contributed by atoms with E-state index in [0.29, 0.717) is 33.4 Å². The summed E-state index contributed by atoms with van der Waals surface area (Å²) in [5.41, 5.74) is 1.86. The van der Waals surface area contributed by atoms with Gasteiger partial charge in [0.15, 0.2) is 30.5 Å². The average molecular weight is 1280 g/mol. The van der Waals surface area contributed by atoms with Gasteiger partial charge in [-0.1, -0.05) is 273 Å². The molecule has 16 nitrogen and oxygen atoms in total. The minimum absolute atomic E-state index is 0.415. The van der Waals surface area contributed by atoms with E-state index in [2.05, 4.69) is 0 Å². The summed E-state index contributed by atoms with van der Waals surface area (Å²) in [4.78, 5) is 69.3. The van der Waals surface area contributed by atoms with Crippen molar-refractivity contribution in [3.8, 4) is 0 Å². The first-order valence-electron chi connectivity index (χ1n) is 31.5. The van der Waals surface area contributed by atoms with Gasteiger partial charge in [-0.15, -0.1) is 0 Å². The number of carbonyl (C=O) groups excluding carboxylic acids is 5. The van der Waals surface area contributed by atoms with Crippen molar-refractivity contribution in [2.75, 3.05) is 19.8 Å². The summed E-state index contributed by atoms with van der Waals surface area (Å²) in [5, 5.41) is 0. The van der Waals surface area contributed by atoms with Crippen molar-refractivity contribution in [1.82, 2.24) is 0 Å². The first kappa shape index (κ1) is 66.5. The van der Waals surface area contributed by atoms with Crippen LogP contribution < -0.4 is 0 Å². The monoisotopic (exact) mass is 1280 g/mol. The van der Waals surface area contributed by atoms with E-state index in [-0.39, 0.29) is 0 Å². The van der Waals surface area contributed by atoms with E-state index in [0.717, 1.165) is 30.5 Å². The third-order valence-electron chi connectivity index (χ3n) is 16.9. The molecular weight excluding hydrogens is 1200 g/mol. The molecule has 2 aliphatic heterocycles. The predicted molar refractivity (Wildman–Crippen MR) is 351 cm³/mol. The highest BCUT2D eigenvalue weighted by molar-refractivity contribution is 5.69. The fraction of sp³-hybridized carbons (Fsp3) is 0.253.